The van der Waals surface area contributed by atoms with Crippen molar-refractivity contribution in [3.63, 3.8) is 0 Å². The van der Waals surface area contributed by atoms with Crippen molar-refractivity contribution < 1.29 is 18.0 Å². The van der Waals surface area contributed by atoms with Crippen molar-refractivity contribution in [3.8, 4) is 0 Å². The first-order valence-corrected chi connectivity index (χ1v) is 5.63. The summed E-state index contributed by atoms with van der Waals surface area (Å²) in [5.74, 6) is -0.420. The molecule has 0 spiro atoms. The Balaban J connectivity index is 2.11. The van der Waals surface area contributed by atoms with E-state index in [9.17, 15) is 18.0 Å². The van der Waals surface area contributed by atoms with E-state index in [-0.39, 0.29) is 12.2 Å². The monoisotopic (exact) mass is 268 g/mol. The highest BCUT2D eigenvalue weighted by atomic mass is 19.4. The van der Waals surface area contributed by atoms with Crippen molar-refractivity contribution >= 4 is 17.8 Å². The van der Waals surface area contributed by atoms with Crippen LogP contribution in [0.2, 0.25) is 0 Å². The van der Waals surface area contributed by atoms with Gasteiger partial charge in [-0.1, -0.05) is 12.1 Å². The molecule has 1 amide bonds. The molecule has 0 aromatic heterocycles. The molecule has 100 valence electrons. The number of rotatable bonds is 2. The minimum atomic E-state index is -4.42. The first kappa shape index (κ1) is 13.3. The van der Waals surface area contributed by atoms with Gasteiger partial charge in [-0.25, -0.2) is 0 Å². The largest absolute Gasteiger partial charge is 0.416 e. The zero-order valence-corrected chi connectivity index (χ0v) is 9.87. The molecule has 0 radical (unpaired) electrons. The molecule has 19 heavy (non-hydrogen) atoms. The minimum absolute atomic E-state index is 0.121. The van der Waals surface area contributed by atoms with Crippen LogP contribution >= 0.6 is 0 Å². The third-order valence-electron chi connectivity index (χ3n) is 2.60. The van der Waals surface area contributed by atoms with Gasteiger partial charge in [-0.15, -0.1) is 0 Å². The lowest BCUT2D eigenvalue weighted by Gasteiger charge is -2.11. The van der Waals surface area contributed by atoms with E-state index in [1.165, 1.54) is 12.1 Å². The summed E-state index contributed by atoms with van der Waals surface area (Å²) in [6.45, 7) is 0.255. The molecule has 0 fully saturated rings. The number of benzene rings is 1. The topological polar surface area (TPSA) is 41.5 Å². The van der Waals surface area contributed by atoms with Gasteiger partial charge in [0.25, 0.3) is 5.91 Å². The Kier molecular flexibility index (Phi) is 3.69. The Morgan fingerprint density at radius 2 is 2.11 bits per heavy atom. The lowest BCUT2D eigenvalue weighted by atomic mass is 10.1. The minimum Gasteiger partial charge on any atom is -0.322 e. The van der Waals surface area contributed by atoms with Crippen molar-refractivity contribution in [2.24, 2.45) is 4.99 Å². The Morgan fingerprint density at radius 3 is 2.74 bits per heavy atom. The first-order chi connectivity index (χ1) is 8.97. The number of allylic oxidation sites excluding steroid dienone is 1. The smallest absolute Gasteiger partial charge is 0.322 e. The van der Waals surface area contributed by atoms with Crippen LogP contribution in [0.4, 0.5) is 18.9 Å². The molecule has 0 atom stereocenters. The second-order valence-corrected chi connectivity index (χ2v) is 4.02. The Hall–Kier alpha value is -2.11. The molecule has 0 unspecified atom stereocenters. The van der Waals surface area contributed by atoms with Crippen molar-refractivity contribution in [3.05, 3.63) is 41.5 Å². The summed E-state index contributed by atoms with van der Waals surface area (Å²) >= 11 is 0. The van der Waals surface area contributed by atoms with Crippen LogP contribution in [0.1, 0.15) is 12.0 Å². The van der Waals surface area contributed by atoms with Crippen molar-refractivity contribution in [1.82, 2.24) is 0 Å². The number of nitrogens with one attached hydrogen (secondary N) is 1. The van der Waals surface area contributed by atoms with Crippen molar-refractivity contribution in [1.29, 1.82) is 0 Å². The SMILES string of the molecule is O=C(Nc1cccc(C(F)(F)F)c1)C1=CCC=NC1. The molecule has 1 aliphatic heterocycles. The van der Waals surface area contributed by atoms with E-state index in [0.717, 1.165) is 12.1 Å². The average molecular weight is 268 g/mol. The highest BCUT2D eigenvalue weighted by molar-refractivity contribution is 6.04. The third-order valence-corrected chi connectivity index (χ3v) is 2.60. The lowest BCUT2D eigenvalue weighted by molar-refractivity contribution is -0.137. The molecule has 1 aromatic rings. The summed E-state index contributed by atoms with van der Waals surface area (Å²) in [4.78, 5) is 15.7. The zero-order valence-electron chi connectivity index (χ0n) is 9.87. The van der Waals surface area contributed by atoms with Crippen LogP contribution < -0.4 is 5.32 Å². The zero-order chi connectivity index (χ0) is 13.9. The Labute approximate surface area is 107 Å². The number of alkyl halides is 3. The van der Waals surface area contributed by atoms with Crippen molar-refractivity contribution in [2.75, 3.05) is 11.9 Å². The van der Waals surface area contributed by atoms with Gasteiger partial charge in [0.2, 0.25) is 0 Å². The standard InChI is InChI=1S/C13H11F3N2O/c14-13(15,16)10-4-1-5-11(7-10)18-12(19)9-3-2-6-17-8-9/h1,3-7H,2,8H2,(H,18,19). The van der Waals surface area contributed by atoms with Crippen LogP contribution in [0.25, 0.3) is 0 Å². The molecule has 1 aliphatic rings. The summed E-state index contributed by atoms with van der Waals surface area (Å²) in [6.07, 6.45) is -0.475. The molecule has 3 nitrogen and oxygen atoms in total. The maximum Gasteiger partial charge on any atom is 0.416 e. The Bertz CT molecular complexity index is 547. The molecule has 0 saturated heterocycles. The predicted molar refractivity (Wildman–Crippen MR) is 66.1 cm³/mol. The Morgan fingerprint density at radius 1 is 1.32 bits per heavy atom. The fourth-order valence-electron chi connectivity index (χ4n) is 1.65. The van der Waals surface area contributed by atoms with E-state index >= 15 is 0 Å². The lowest BCUT2D eigenvalue weighted by Crippen LogP contribution is -2.18. The fourth-order valence-corrected chi connectivity index (χ4v) is 1.65. The number of hydrogen-bond donors (Lipinski definition) is 1. The maximum atomic E-state index is 12.5. The molecule has 0 bridgehead atoms. The number of dihydropyridines is 1. The summed E-state index contributed by atoms with van der Waals surface area (Å²) in [5.41, 5.74) is -0.212. The fraction of sp³-hybridized carbons (Fsp3) is 0.231. The third kappa shape index (κ3) is 3.43. The van der Waals surface area contributed by atoms with Gasteiger partial charge in [0.15, 0.2) is 0 Å². The summed E-state index contributed by atoms with van der Waals surface area (Å²) in [7, 11) is 0. The van der Waals surface area contributed by atoms with E-state index in [4.69, 9.17) is 0 Å². The molecule has 0 saturated carbocycles. The van der Waals surface area contributed by atoms with Gasteiger partial charge < -0.3 is 5.32 Å². The number of amides is 1. The van der Waals surface area contributed by atoms with Crippen LogP contribution in [0.3, 0.4) is 0 Å². The molecule has 2 rings (SSSR count). The first-order valence-electron chi connectivity index (χ1n) is 5.63. The second-order valence-electron chi connectivity index (χ2n) is 4.02. The number of carbonyl (C=O) groups is 1. The normalized spacial score (nSPS) is 15.0. The molecular formula is C13H11F3N2O. The van der Waals surface area contributed by atoms with Crippen LogP contribution in [-0.4, -0.2) is 18.7 Å². The summed E-state index contributed by atoms with van der Waals surface area (Å²) < 4.78 is 37.6. The highest BCUT2D eigenvalue weighted by Gasteiger charge is 2.30. The quantitative estimate of drug-likeness (QED) is 0.880. The van der Waals surface area contributed by atoms with Gasteiger partial charge >= 0.3 is 6.18 Å². The predicted octanol–water partition coefficient (Wildman–Crippen LogP) is 3.04. The highest BCUT2D eigenvalue weighted by Crippen LogP contribution is 2.30. The van der Waals surface area contributed by atoms with Crippen LogP contribution in [-0.2, 0) is 11.0 Å². The number of halogens is 3. The van der Waals surface area contributed by atoms with Gasteiger partial charge in [0.1, 0.15) is 0 Å². The summed E-state index contributed by atoms with van der Waals surface area (Å²) in [6, 6.07) is 4.54. The number of aliphatic imine (C=N–C) groups is 1. The average Bonchev–Trinajstić information content (AvgIpc) is 2.39. The number of anilines is 1. The van der Waals surface area contributed by atoms with Crippen LogP contribution in [0.5, 0.6) is 0 Å². The molecule has 1 N–H and O–H groups in total. The van der Waals surface area contributed by atoms with Gasteiger partial charge in [-0.2, -0.15) is 13.2 Å². The molecular weight excluding hydrogens is 257 g/mol. The molecule has 0 aliphatic carbocycles. The van der Waals surface area contributed by atoms with Gasteiger partial charge in [0.05, 0.1) is 12.1 Å². The second kappa shape index (κ2) is 5.26. The van der Waals surface area contributed by atoms with E-state index in [1.807, 2.05) is 0 Å². The van der Waals surface area contributed by atoms with E-state index < -0.39 is 17.6 Å². The van der Waals surface area contributed by atoms with Gasteiger partial charge in [-0.3, -0.25) is 9.79 Å². The molecule has 1 aromatic carbocycles. The van der Waals surface area contributed by atoms with E-state index in [0.29, 0.717) is 12.0 Å². The molecule has 1 heterocycles. The van der Waals surface area contributed by atoms with E-state index in [1.54, 1.807) is 12.3 Å². The number of nitrogens with zero attached hydrogens (tertiary/aromatic N) is 1. The van der Waals surface area contributed by atoms with Gasteiger partial charge in [-0.05, 0) is 18.2 Å². The maximum absolute atomic E-state index is 12.5. The summed E-state index contributed by atoms with van der Waals surface area (Å²) in [5, 5.41) is 2.44. The van der Waals surface area contributed by atoms with Crippen molar-refractivity contribution in [2.45, 2.75) is 12.6 Å². The van der Waals surface area contributed by atoms with Gasteiger partial charge in [0, 0.05) is 23.9 Å². The number of hydrogen-bond acceptors (Lipinski definition) is 2. The molecule has 6 heteroatoms. The number of carbonyl (C=O) groups excluding carboxylic acids is 1. The van der Waals surface area contributed by atoms with E-state index in [2.05, 4.69) is 10.3 Å². The van der Waals surface area contributed by atoms with Crippen LogP contribution in [0, 0.1) is 0 Å². The van der Waals surface area contributed by atoms with Crippen LogP contribution in [0.15, 0.2) is 40.9 Å².